The predicted molar refractivity (Wildman–Crippen MR) is 64.1 cm³/mol. The minimum absolute atomic E-state index is 0.0303. The third-order valence-corrected chi connectivity index (χ3v) is 2.39. The highest BCUT2D eigenvalue weighted by molar-refractivity contribution is 5.95. The summed E-state index contributed by atoms with van der Waals surface area (Å²) in [7, 11) is 1.60. The van der Waals surface area contributed by atoms with Gasteiger partial charge in [0.05, 0.1) is 0 Å². The van der Waals surface area contributed by atoms with Crippen LogP contribution in [0.25, 0.3) is 0 Å². The van der Waals surface area contributed by atoms with Gasteiger partial charge in [0.2, 0.25) is 0 Å². The Morgan fingerprint density at radius 2 is 1.94 bits per heavy atom. The van der Waals surface area contributed by atoms with E-state index in [1.54, 1.807) is 7.05 Å². The minimum atomic E-state index is -1.16. The number of nitrogens with one attached hydrogen (secondary N) is 1. The van der Waals surface area contributed by atoms with E-state index in [2.05, 4.69) is 10.1 Å². The van der Waals surface area contributed by atoms with Crippen molar-refractivity contribution in [3.8, 4) is 0 Å². The van der Waals surface area contributed by atoms with Gasteiger partial charge in [-0.3, -0.25) is 10.1 Å². The van der Waals surface area contributed by atoms with Gasteiger partial charge in [0.1, 0.15) is 13.2 Å². The number of hydrogen-bond donors (Lipinski definition) is 2. The number of rotatable bonds is 7. The molecule has 0 saturated heterocycles. The van der Waals surface area contributed by atoms with E-state index in [9.17, 15) is 14.4 Å². The fourth-order valence-electron chi connectivity index (χ4n) is 1.29. The van der Waals surface area contributed by atoms with Crippen LogP contribution in [0.4, 0.5) is 4.79 Å². The molecule has 7 nitrogen and oxygen atoms in total. The molecule has 0 saturated carbocycles. The quantitative estimate of drug-likeness (QED) is 0.692. The summed E-state index contributed by atoms with van der Waals surface area (Å²) in [5.41, 5.74) is 0. The number of urea groups is 1. The zero-order valence-electron chi connectivity index (χ0n) is 10.9. The smallest absolute Gasteiger partial charge is 0.329 e. The first-order valence-corrected chi connectivity index (χ1v) is 5.74. The Morgan fingerprint density at radius 3 is 2.44 bits per heavy atom. The normalized spacial score (nSPS) is 11.7. The summed E-state index contributed by atoms with van der Waals surface area (Å²) in [5, 5.41) is 10.4. The number of carboxylic acids is 1. The van der Waals surface area contributed by atoms with Crippen molar-refractivity contribution in [1.29, 1.82) is 0 Å². The molecule has 0 radical (unpaired) electrons. The number of carbonyl (C=O) groups is 3. The van der Waals surface area contributed by atoms with Gasteiger partial charge in [-0.05, 0) is 13.3 Å². The lowest BCUT2D eigenvalue weighted by Crippen LogP contribution is -2.45. The van der Waals surface area contributed by atoms with Crippen LogP contribution in [0.15, 0.2) is 0 Å². The number of aliphatic carboxylic acids is 1. The van der Waals surface area contributed by atoms with E-state index in [-0.39, 0.29) is 6.04 Å². The standard InChI is InChI=1S/C11H20N2O5/c1-4-5-8(2)13(3)11(17)12-9(14)6-18-7-10(15)16/h8H,4-7H2,1-3H3,(H,15,16)(H,12,14,17). The molecule has 0 bridgehead atoms. The number of ether oxygens (including phenoxy) is 1. The van der Waals surface area contributed by atoms with Crippen molar-refractivity contribution in [3.05, 3.63) is 0 Å². The average molecular weight is 260 g/mol. The van der Waals surface area contributed by atoms with Crippen LogP contribution in [-0.2, 0) is 14.3 Å². The van der Waals surface area contributed by atoms with Crippen molar-refractivity contribution >= 4 is 17.9 Å². The van der Waals surface area contributed by atoms with Gasteiger partial charge in [0.25, 0.3) is 5.91 Å². The number of carbonyl (C=O) groups excluding carboxylic acids is 2. The SMILES string of the molecule is CCCC(C)N(C)C(=O)NC(=O)COCC(=O)O. The molecular weight excluding hydrogens is 240 g/mol. The third-order valence-electron chi connectivity index (χ3n) is 2.39. The maximum atomic E-state index is 11.6. The van der Waals surface area contributed by atoms with E-state index in [1.165, 1.54) is 4.90 Å². The molecular formula is C11H20N2O5. The van der Waals surface area contributed by atoms with Crippen molar-refractivity contribution in [3.63, 3.8) is 0 Å². The van der Waals surface area contributed by atoms with Crippen LogP contribution >= 0.6 is 0 Å². The second kappa shape index (κ2) is 8.46. The minimum Gasteiger partial charge on any atom is -0.480 e. The monoisotopic (exact) mass is 260 g/mol. The summed E-state index contributed by atoms with van der Waals surface area (Å²) in [6.45, 7) is 2.87. The van der Waals surface area contributed by atoms with Crippen molar-refractivity contribution in [1.82, 2.24) is 10.2 Å². The fraction of sp³-hybridized carbons (Fsp3) is 0.727. The van der Waals surface area contributed by atoms with E-state index >= 15 is 0 Å². The highest BCUT2D eigenvalue weighted by atomic mass is 16.5. The van der Waals surface area contributed by atoms with Crippen LogP contribution in [-0.4, -0.2) is 54.2 Å². The van der Waals surface area contributed by atoms with Gasteiger partial charge in [0, 0.05) is 13.1 Å². The Labute approximate surface area is 106 Å². The van der Waals surface area contributed by atoms with Crippen LogP contribution in [0, 0.1) is 0 Å². The third kappa shape index (κ3) is 6.85. The molecule has 1 atom stereocenters. The molecule has 104 valence electrons. The molecule has 18 heavy (non-hydrogen) atoms. The molecule has 0 rings (SSSR count). The van der Waals surface area contributed by atoms with E-state index in [4.69, 9.17) is 5.11 Å². The van der Waals surface area contributed by atoms with Crippen LogP contribution in [0.3, 0.4) is 0 Å². The van der Waals surface area contributed by atoms with Gasteiger partial charge in [-0.2, -0.15) is 0 Å². The molecule has 1 unspecified atom stereocenters. The van der Waals surface area contributed by atoms with Crippen LogP contribution in [0.5, 0.6) is 0 Å². The lowest BCUT2D eigenvalue weighted by Gasteiger charge is -2.24. The molecule has 0 fully saturated rings. The molecule has 0 spiro atoms. The topological polar surface area (TPSA) is 95.9 Å². The van der Waals surface area contributed by atoms with Gasteiger partial charge in [0.15, 0.2) is 0 Å². The largest absolute Gasteiger partial charge is 0.480 e. The number of carboxylic acid groups (broad SMARTS) is 1. The maximum absolute atomic E-state index is 11.6. The lowest BCUT2D eigenvalue weighted by atomic mass is 10.2. The van der Waals surface area contributed by atoms with Gasteiger partial charge >= 0.3 is 12.0 Å². The van der Waals surface area contributed by atoms with Crippen LogP contribution < -0.4 is 5.32 Å². The van der Waals surface area contributed by atoms with Crippen molar-refractivity contribution in [2.24, 2.45) is 0 Å². The molecule has 0 aliphatic heterocycles. The molecule has 0 aliphatic rings. The zero-order chi connectivity index (χ0) is 14.1. The number of nitrogens with zero attached hydrogens (tertiary/aromatic N) is 1. The summed E-state index contributed by atoms with van der Waals surface area (Å²) in [5.74, 6) is -1.82. The second-order valence-electron chi connectivity index (χ2n) is 3.99. The van der Waals surface area contributed by atoms with E-state index in [0.717, 1.165) is 12.8 Å². The molecule has 0 aromatic carbocycles. The Kier molecular flexibility index (Phi) is 7.69. The zero-order valence-corrected chi connectivity index (χ0v) is 10.9. The van der Waals surface area contributed by atoms with E-state index in [1.807, 2.05) is 13.8 Å². The first-order chi connectivity index (χ1) is 8.38. The summed E-state index contributed by atoms with van der Waals surface area (Å²) in [6, 6.07) is -0.484. The molecule has 0 aromatic heterocycles. The number of amides is 3. The molecule has 0 heterocycles. The highest BCUT2D eigenvalue weighted by Crippen LogP contribution is 2.03. The molecule has 3 amide bonds. The van der Waals surface area contributed by atoms with Gasteiger partial charge in [-0.15, -0.1) is 0 Å². The Morgan fingerprint density at radius 1 is 1.33 bits per heavy atom. The summed E-state index contributed by atoms with van der Waals surface area (Å²) >= 11 is 0. The molecule has 7 heteroatoms. The van der Waals surface area contributed by atoms with Gasteiger partial charge < -0.3 is 14.7 Å². The fourth-order valence-corrected chi connectivity index (χ4v) is 1.29. The summed E-state index contributed by atoms with van der Waals surface area (Å²) in [6.07, 6.45) is 1.78. The molecule has 0 aromatic rings. The van der Waals surface area contributed by atoms with Crippen LogP contribution in [0.1, 0.15) is 26.7 Å². The predicted octanol–water partition coefficient (Wildman–Crippen LogP) is 0.444. The maximum Gasteiger partial charge on any atom is 0.329 e. The van der Waals surface area contributed by atoms with Crippen molar-refractivity contribution in [2.45, 2.75) is 32.7 Å². The average Bonchev–Trinajstić information content (AvgIpc) is 2.27. The Balaban J connectivity index is 3.99. The summed E-state index contributed by atoms with van der Waals surface area (Å²) in [4.78, 5) is 34.4. The lowest BCUT2D eigenvalue weighted by molar-refractivity contribution is -0.143. The van der Waals surface area contributed by atoms with Crippen molar-refractivity contribution in [2.75, 3.05) is 20.3 Å². The van der Waals surface area contributed by atoms with Gasteiger partial charge in [-0.25, -0.2) is 9.59 Å². The van der Waals surface area contributed by atoms with Crippen molar-refractivity contribution < 1.29 is 24.2 Å². The number of imide groups is 1. The second-order valence-corrected chi connectivity index (χ2v) is 3.99. The first-order valence-electron chi connectivity index (χ1n) is 5.74. The number of hydrogen-bond acceptors (Lipinski definition) is 4. The van der Waals surface area contributed by atoms with E-state index in [0.29, 0.717) is 0 Å². The molecule has 0 aliphatic carbocycles. The van der Waals surface area contributed by atoms with E-state index < -0.39 is 31.1 Å². The van der Waals surface area contributed by atoms with Crippen LogP contribution in [0.2, 0.25) is 0 Å². The molecule has 2 N–H and O–H groups in total. The highest BCUT2D eigenvalue weighted by Gasteiger charge is 2.17. The summed E-state index contributed by atoms with van der Waals surface area (Å²) < 4.78 is 4.56. The Hall–Kier alpha value is -1.63. The Bertz CT molecular complexity index is 306. The first kappa shape index (κ1) is 16.4. The van der Waals surface area contributed by atoms with Gasteiger partial charge in [-0.1, -0.05) is 13.3 Å².